The molecular formula is C23H20Cl2N4S. The molecule has 1 aliphatic heterocycles. The number of thiophene rings is 1. The van der Waals surface area contributed by atoms with Crippen molar-refractivity contribution in [2.24, 2.45) is 0 Å². The summed E-state index contributed by atoms with van der Waals surface area (Å²) in [5.41, 5.74) is 4.79. The predicted molar refractivity (Wildman–Crippen MR) is 128 cm³/mol. The molecule has 4 nitrogen and oxygen atoms in total. The highest BCUT2D eigenvalue weighted by atomic mass is 35.5. The molecule has 0 saturated carbocycles. The van der Waals surface area contributed by atoms with Crippen molar-refractivity contribution in [1.29, 1.82) is 0 Å². The van der Waals surface area contributed by atoms with Crippen LogP contribution in [0.2, 0.25) is 10.3 Å². The Hall–Kier alpha value is -2.34. The number of anilines is 2. The molecule has 0 spiro atoms. The van der Waals surface area contributed by atoms with Crippen molar-refractivity contribution in [1.82, 2.24) is 9.97 Å². The second-order valence-electron chi connectivity index (χ2n) is 7.47. The second kappa shape index (κ2) is 8.06. The molecule has 7 heteroatoms. The van der Waals surface area contributed by atoms with Crippen molar-refractivity contribution in [3.63, 3.8) is 0 Å². The van der Waals surface area contributed by atoms with Gasteiger partial charge in [0, 0.05) is 47.8 Å². The Kier molecular flexibility index (Phi) is 5.27. The van der Waals surface area contributed by atoms with Gasteiger partial charge >= 0.3 is 0 Å². The fourth-order valence-electron chi connectivity index (χ4n) is 3.97. The smallest absolute Gasteiger partial charge is 0.225 e. The lowest BCUT2D eigenvalue weighted by Gasteiger charge is -2.37. The van der Waals surface area contributed by atoms with Crippen LogP contribution in [-0.2, 0) is 0 Å². The van der Waals surface area contributed by atoms with E-state index in [0.29, 0.717) is 5.28 Å². The van der Waals surface area contributed by atoms with Crippen molar-refractivity contribution >= 4 is 56.3 Å². The molecule has 0 bridgehead atoms. The number of hydrogen-bond donors (Lipinski definition) is 0. The third-order valence-corrected chi connectivity index (χ3v) is 6.78. The fraction of sp³-hybridized carbons (Fsp3) is 0.217. The maximum atomic E-state index is 6.29. The number of aromatic nitrogens is 2. The lowest BCUT2D eigenvalue weighted by atomic mass is 10.1. The van der Waals surface area contributed by atoms with Crippen molar-refractivity contribution in [3.8, 4) is 11.1 Å². The zero-order valence-electron chi connectivity index (χ0n) is 16.5. The molecule has 30 heavy (non-hydrogen) atoms. The average molecular weight is 455 g/mol. The minimum absolute atomic E-state index is 0.295. The van der Waals surface area contributed by atoms with Crippen LogP contribution < -0.4 is 9.80 Å². The molecule has 152 valence electrons. The van der Waals surface area contributed by atoms with Crippen LogP contribution in [0.3, 0.4) is 0 Å². The molecule has 1 aliphatic rings. The van der Waals surface area contributed by atoms with E-state index in [9.17, 15) is 0 Å². The molecule has 0 radical (unpaired) electrons. The molecule has 5 rings (SSSR count). The zero-order valence-corrected chi connectivity index (χ0v) is 18.8. The Labute approximate surface area is 189 Å². The summed E-state index contributed by atoms with van der Waals surface area (Å²) in [7, 11) is 0. The highest BCUT2D eigenvalue weighted by Gasteiger charge is 2.23. The number of fused-ring (bicyclic) bond motifs is 1. The first-order valence-corrected chi connectivity index (χ1v) is 11.5. The molecule has 0 atom stereocenters. The number of halogens is 2. The van der Waals surface area contributed by atoms with Gasteiger partial charge in [-0.1, -0.05) is 35.9 Å². The summed E-state index contributed by atoms with van der Waals surface area (Å²) in [6.07, 6.45) is 0. The number of nitrogens with zero attached hydrogens (tertiary/aromatic N) is 4. The molecule has 1 fully saturated rings. The highest BCUT2D eigenvalue weighted by Crippen LogP contribution is 2.39. The number of hydrogen-bond acceptors (Lipinski definition) is 5. The van der Waals surface area contributed by atoms with E-state index in [1.165, 1.54) is 11.3 Å². The Morgan fingerprint density at radius 2 is 1.63 bits per heavy atom. The second-order valence-corrected chi connectivity index (χ2v) is 9.10. The average Bonchev–Trinajstić information content (AvgIpc) is 3.17. The van der Waals surface area contributed by atoms with Gasteiger partial charge in [-0.2, -0.15) is 4.98 Å². The van der Waals surface area contributed by atoms with Gasteiger partial charge in [0.05, 0.1) is 5.39 Å². The normalized spacial score (nSPS) is 14.5. The third-order valence-electron chi connectivity index (χ3n) is 5.49. The standard InChI is InChI=1S/C23H20Cl2N4S/c1-15-3-2-4-18(13-15)28-9-11-29(12-10-28)21-20-19(16-5-7-17(24)8-6-16)14-30-22(20)27-23(25)26-21/h2-8,13-14H,9-12H2,1H3. The maximum Gasteiger partial charge on any atom is 0.225 e. The van der Waals surface area contributed by atoms with Crippen LogP contribution in [0.4, 0.5) is 11.5 Å². The van der Waals surface area contributed by atoms with E-state index in [1.54, 1.807) is 11.3 Å². The topological polar surface area (TPSA) is 32.3 Å². The Morgan fingerprint density at radius 3 is 2.37 bits per heavy atom. The SMILES string of the molecule is Cc1cccc(N2CCN(c3nc(Cl)nc4scc(-c5ccc(Cl)cc5)c34)CC2)c1. The molecule has 0 amide bonds. The van der Waals surface area contributed by atoms with Crippen molar-refractivity contribution < 1.29 is 0 Å². The van der Waals surface area contributed by atoms with Crippen LogP contribution in [0.5, 0.6) is 0 Å². The van der Waals surface area contributed by atoms with Gasteiger partial charge in [0.15, 0.2) is 0 Å². The summed E-state index contributed by atoms with van der Waals surface area (Å²) >= 11 is 14.0. The van der Waals surface area contributed by atoms with Crippen molar-refractivity contribution in [2.45, 2.75) is 6.92 Å². The minimum Gasteiger partial charge on any atom is -0.368 e. The van der Waals surface area contributed by atoms with Gasteiger partial charge in [-0.05, 0) is 53.9 Å². The van der Waals surface area contributed by atoms with E-state index < -0.39 is 0 Å². The van der Waals surface area contributed by atoms with Gasteiger partial charge in [0.1, 0.15) is 10.6 Å². The maximum absolute atomic E-state index is 6.29. The molecule has 2 aromatic heterocycles. The minimum atomic E-state index is 0.295. The first kappa shape index (κ1) is 19.6. The van der Waals surface area contributed by atoms with Gasteiger partial charge in [-0.3, -0.25) is 0 Å². The summed E-state index contributed by atoms with van der Waals surface area (Å²) in [5, 5.41) is 4.22. The van der Waals surface area contributed by atoms with Crippen LogP contribution in [-0.4, -0.2) is 36.1 Å². The molecule has 0 unspecified atom stereocenters. The third kappa shape index (κ3) is 3.73. The van der Waals surface area contributed by atoms with Gasteiger partial charge in [-0.15, -0.1) is 11.3 Å². The zero-order chi connectivity index (χ0) is 20.7. The summed E-state index contributed by atoms with van der Waals surface area (Å²) < 4.78 is 0. The monoisotopic (exact) mass is 454 g/mol. The van der Waals surface area contributed by atoms with Crippen LogP contribution in [0.15, 0.2) is 53.9 Å². The first-order chi connectivity index (χ1) is 14.6. The fourth-order valence-corrected chi connectivity index (χ4v) is 5.25. The van der Waals surface area contributed by atoms with E-state index in [1.807, 2.05) is 24.3 Å². The van der Waals surface area contributed by atoms with Crippen LogP contribution in [0, 0.1) is 6.92 Å². The van der Waals surface area contributed by atoms with E-state index in [4.69, 9.17) is 23.2 Å². The summed E-state index contributed by atoms with van der Waals surface area (Å²) in [6.45, 7) is 5.77. The van der Waals surface area contributed by atoms with Crippen LogP contribution >= 0.6 is 34.5 Å². The first-order valence-electron chi connectivity index (χ1n) is 9.86. The molecule has 0 aliphatic carbocycles. The van der Waals surface area contributed by atoms with Gasteiger partial charge in [0.25, 0.3) is 0 Å². The van der Waals surface area contributed by atoms with E-state index >= 15 is 0 Å². The lowest BCUT2D eigenvalue weighted by Crippen LogP contribution is -2.47. The Morgan fingerprint density at radius 1 is 0.900 bits per heavy atom. The van der Waals surface area contributed by atoms with Gasteiger partial charge < -0.3 is 9.80 Å². The van der Waals surface area contributed by atoms with Crippen molar-refractivity contribution in [2.75, 3.05) is 36.0 Å². The quantitative estimate of drug-likeness (QED) is 0.340. The largest absolute Gasteiger partial charge is 0.368 e. The molecule has 4 aromatic rings. The van der Waals surface area contributed by atoms with Gasteiger partial charge in [-0.25, -0.2) is 4.98 Å². The summed E-state index contributed by atoms with van der Waals surface area (Å²) in [4.78, 5) is 14.8. The lowest BCUT2D eigenvalue weighted by molar-refractivity contribution is 0.649. The molecular weight excluding hydrogens is 435 g/mol. The molecule has 2 aromatic carbocycles. The van der Waals surface area contributed by atoms with Gasteiger partial charge in [0.2, 0.25) is 5.28 Å². The number of aryl methyl sites for hydroxylation is 1. The van der Waals surface area contributed by atoms with Crippen molar-refractivity contribution in [3.05, 3.63) is 69.8 Å². The summed E-state index contributed by atoms with van der Waals surface area (Å²) in [6, 6.07) is 16.6. The Bertz CT molecular complexity index is 1200. The van der Waals surface area contributed by atoms with Crippen LogP contribution in [0.25, 0.3) is 21.3 Å². The number of rotatable bonds is 3. The van der Waals surface area contributed by atoms with E-state index in [-0.39, 0.29) is 0 Å². The Balaban J connectivity index is 1.48. The van der Waals surface area contributed by atoms with E-state index in [2.05, 4.69) is 56.3 Å². The molecule has 0 N–H and O–H groups in total. The molecule has 1 saturated heterocycles. The van der Waals surface area contributed by atoms with Crippen LogP contribution in [0.1, 0.15) is 5.56 Å². The number of piperazine rings is 1. The molecule has 3 heterocycles. The van der Waals surface area contributed by atoms with E-state index in [0.717, 1.165) is 58.4 Å². The summed E-state index contributed by atoms with van der Waals surface area (Å²) in [5.74, 6) is 0.917. The highest BCUT2D eigenvalue weighted by molar-refractivity contribution is 7.17. The number of benzene rings is 2. The predicted octanol–water partition coefficient (Wildman–Crippen LogP) is 6.30.